The zero-order valence-electron chi connectivity index (χ0n) is 19.6. The van der Waals surface area contributed by atoms with Crippen LogP contribution in [0.15, 0.2) is 24.7 Å². The largest absolute Gasteiger partial charge is 0.354 e. The number of aromatic amines is 1. The quantitative estimate of drug-likeness (QED) is 0.392. The average molecular weight is 436 g/mol. The number of H-pyrrole nitrogens is 1. The SMILES string of the molecule is Cc1cc(-c2[nH]c3cc(C4CC(C)(C)NC(C)(C)C4)sc3c2C(C)C)cn2ncnc12. The number of hydrogen-bond acceptors (Lipinski definition) is 4. The van der Waals surface area contributed by atoms with Crippen LogP contribution in [0.25, 0.3) is 27.1 Å². The second kappa shape index (κ2) is 6.91. The number of aromatic nitrogens is 4. The third-order valence-corrected chi connectivity index (χ3v) is 7.87. The molecule has 0 amide bonds. The predicted octanol–water partition coefficient (Wildman–Crippen LogP) is 6.40. The van der Waals surface area contributed by atoms with Crippen molar-refractivity contribution in [3.05, 3.63) is 40.7 Å². The summed E-state index contributed by atoms with van der Waals surface area (Å²) in [5.74, 6) is 1.03. The number of hydrogen-bond donors (Lipinski definition) is 2. The molecule has 1 aliphatic rings. The Labute approximate surface area is 188 Å². The first kappa shape index (κ1) is 20.7. The Morgan fingerprint density at radius 2 is 1.84 bits per heavy atom. The lowest BCUT2D eigenvalue weighted by atomic mass is 9.75. The second-order valence-electron chi connectivity index (χ2n) is 10.9. The van der Waals surface area contributed by atoms with Crippen molar-refractivity contribution < 1.29 is 0 Å². The molecule has 164 valence electrons. The van der Waals surface area contributed by atoms with Crippen LogP contribution in [0.4, 0.5) is 0 Å². The fraction of sp³-hybridized carbons (Fsp3) is 0.520. The van der Waals surface area contributed by atoms with E-state index in [2.05, 4.69) is 87.2 Å². The molecule has 5 nitrogen and oxygen atoms in total. The summed E-state index contributed by atoms with van der Waals surface area (Å²) < 4.78 is 3.29. The molecule has 5 rings (SSSR count). The number of aryl methyl sites for hydroxylation is 1. The smallest absolute Gasteiger partial charge is 0.158 e. The zero-order valence-corrected chi connectivity index (χ0v) is 20.4. The van der Waals surface area contributed by atoms with E-state index >= 15 is 0 Å². The lowest BCUT2D eigenvalue weighted by Crippen LogP contribution is -2.57. The number of thiophene rings is 1. The summed E-state index contributed by atoms with van der Waals surface area (Å²) in [6.45, 7) is 16.0. The summed E-state index contributed by atoms with van der Waals surface area (Å²) in [5, 5.41) is 8.19. The van der Waals surface area contributed by atoms with Crippen molar-refractivity contribution >= 4 is 27.2 Å². The van der Waals surface area contributed by atoms with Crippen molar-refractivity contribution in [3.63, 3.8) is 0 Å². The number of nitrogens with one attached hydrogen (secondary N) is 2. The first-order valence-corrected chi connectivity index (χ1v) is 12.1. The highest BCUT2D eigenvalue weighted by molar-refractivity contribution is 7.19. The van der Waals surface area contributed by atoms with E-state index in [-0.39, 0.29) is 11.1 Å². The lowest BCUT2D eigenvalue weighted by molar-refractivity contribution is 0.163. The summed E-state index contributed by atoms with van der Waals surface area (Å²) in [4.78, 5) is 9.66. The van der Waals surface area contributed by atoms with Gasteiger partial charge >= 0.3 is 0 Å². The van der Waals surface area contributed by atoms with Gasteiger partial charge in [0.15, 0.2) is 5.65 Å². The highest BCUT2D eigenvalue weighted by atomic mass is 32.1. The van der Waals surface area contributed by atoms with Crippen LogP contribution >= 0.6 is 11.3 Å². The Balaban J connectivity index is 1.61. The van der Waals surface area contributed by atoms with Crippen molar-refractivity contribution in [1.82, 2.24) is 24.9 Å². The van der Waals surface area contributed by atoms with Gasteiger partial charge in [0, 0.05) is 27.7 Å². The topological polar surface area (TPSA) is 58.0 Å². The maximum Gasteiger partial charge on any atom is 0.158 e. The molecule has 0 aliphatic carbocycles. The molecule has 0 radical (unpaired) electrons. The Kier molecular flexibility index (Phi) is 4.61. The minimum absolute atomic E-state index is 0.154. The standard InChI is InChI=1S/C25H33N5S/c1-14(2)20-21(16-8-15(3)23-26-13-27-30(23)12-16)28-18-9-19(31-22(18)20)17-10-24(4,5)29-25(6,7)11-17/h8-9,12-14,17,28-29H,10-11H2,1-7H3. The molecule has 0 saturated carbocycles. The summed E-state index contributed by atoms with van der Waals surface area (Å²) in [7, 11) is 0. The molecule has 0 unspecified atom stereocenters. The van der Waals surface area contributed by atoms with Crippen molar-refractivity contribution in [2.45, 2.75) is 84.2 Å². The minimum Gasteiger partial charge on any atom is -0.354 e. The summed E-state index contributed by atoms with van der Waals surface area (Å²) >= 11 is 1.99. The van der Waals surface area contributed by atoms with Gasteiger partial charge in [-0.25, -0.2) is 9.50 Å². The van der Waals surface area contributed by atoms with Gasteiger partial charge in [0.1, 0.15) is 6.33 Å². The first-order valence-electron chi connectivity index (χ1n) is 11.3. The zero-order chi connectivity index (χ0) is 22.1. The van der Waals surface area contributed by atoms with Crippen LogP contribution in [0.5, 0.6) is 0 Å². The highest BCUT2D eigenvalue weighted by Crippen LogP contribution is 2.46. The number of piperidine rings is 1. The van der Waals surface area contributed by atoms with Gasteiger partial charge in [-0.15, -0.1) is 11.3 Å². The summed E-state index contributed by atoms with van der Waals surface area (Å²) in [6, 6.07) is 4.64. The van der Waals surface area contributed by atoms with Gasteiger partial charge in [0.05, 0.1) is 15.9 Å². The van der Waals surface area contributed by atoms with E-state index < -0.39 is 0 Å². The lowest BCUT2D eigenvalue weighted by Gasteiger charge is -2.46. The molecular weight excluding hydrogens is 402 g/mol. The molecule has 4 aromatic heterocycles. The van der Waals surface area contributed by atoms with Crippen LogP contribution in [0.1, 0.15) is 82.2 Å². The van der Waals surface area contributed by atoms with E-state index in [1.165, 1.54) is 44.8 Å². The molecular formula is C25H33N5S. The van der Waals surface area contributed by atoms with Gasteiger partial charge < -0.3 is 10.3 Å². The normalized spacial score (nSPS) is 19.1. The molecule has 2 N–H and O–H groups in total. The average Bonchev–Trinajstić information content (AvgIpc) is 3.32. The molecule has 6 heteroatoms. The van der Waals surface area contributed by atoms with Crippen LogP contribution in [0.3, 0.4) is 0 Å². The third kappa shape index (κ3) is 3.60. The maximum absolute atomic E-state index is 4.37. The highest BCUT2D eigenvalue weighted by Gasteiger charge is 2.39. The maximum atomic E-state index is 4.37. The molecule has 0 bridgehead atoms. The molecule has 0 spiro atoms. The van der Waals surface area contributed by atoms with E-state index in [0.717, 1.165) is 11.2 Å². The fourth-order valence-corrected chi connectivity index (χ4v) is 7.17. The molecule has 1 fully saturated rings. The molecule has 31 heavy (non-hydrogen) atoms. The monoisotopic (exact) mass is 435 g/mol. The first-order chi connectivity index (χ1) is 14.5. The van der Waals surface area contributed by atoms with Crippen molar-refractivity contribution in [2.75, 3.05) is 0 Å². The van der Waals surface area contributed by atoms with E-state index in [9.17, 15) is 0 Å². The van der Waals surface area contributed by atoms with Gasteiger partial charge in [-0.3, -0.25) is 0 Å². The molecule has 1 saturated heterocycles. The number of pyridine rings is 1. The van der Waals surface area contributed by atoms with Gasteiger partial charge in [0.25, 0.3) is 0 Å². The van der Waals surface area contributed by atoms with Crippen LogP contribution in [0.2, 0.25) is 0 Å². The Bertz CT molecular complexity index is 1250. The van der Waals surface area contributed by atoms with Crippen molar-refractivity contribution in [2.24, 2.45) is 0 Å². The van der Waals surface area contributed by atoms with Crippen LogP contribution in [-0.2, 0) is 0 Å². The molecule has 1 aliphatic heterocycles. The molecule has 4 aromatic rings. The van der Waals surface area contributed by atoms with E-state index in [1.54, 1.807) is 6.33 Å². The van der Waals surface area contributed by atoms with Crippen LogP contribution in [0, 0.1) is 6.92 Å². The fourth-order valence-electron chi connectivity index (χ4n) is 5.75. The van der Waals surface area contributed by atoms with Crippen LogP contribution < -0.4 is 5.32 Å². The van der Waals surface area contributed by atoms with Crippen LogP contribution in [-0.4, -0.2) is 30.7 Å². The van der Waals surface area contributed by atoms with E-state index in [0.29, 0.717) is 11.8 Å². The minimum atomic E-state index is 0.154. The van der Waals surface area contributed by atoms with Gasteiger partial charge in [-0.1, -0.05) is 13.8 Å². The van der Waals surface area contributed by atoms with Gasteiger partial charge in [0.2, 0.25) is 0 Å². The number of rotatable bonds is 3. The van der Waals surface area contributed by atoms with E-state index in [4.69, 9.17) is 0 Å². The summed E-state index contributed by atoms with van der Waals surface area (Å²) in [6.07, 6.45) is 6.06. The molecule has 5 heterocycles. The Morgan fingerprint density at radius 3 is 2.52 bits per heavy atom. The second-order valence-corrected chi connectivity index (χ2v) is 12.0. The van der Waals surface area contributed by atoms with Gasteiger partial charge in [-0.05, 0) is 82.6 Å². The molecule has 0 atom stereocenters. The van der Waals surface area contributed by atoms with Crippen molar-refractivity contribution in [3.8, 4) is 11.3 Å². The molecule has 0 aromatic carbocycles. The summed E-state index contributed by atoms with van der Waals surface area (Å²) in [5.41, 5.74) is 7.44. The van der Waals surface area contributed by atoms with E-state index in [1.807, 2.05) is 15.9 Å². The number of nitrogens with zero attached hydrogens (tertiary/aromatic N) is 3. The Morgan fingerprint density at radius 1 is 1.13 bits per heavy atom. The number of fused-ring (bicyclic) bond motifs is 2. The Hall–Kier alpha value is -2.18. The predicted molar refractivity (Wildman–Crippen MR) is 130 cm³/mol. The third-order valence-electron chi connectivity index (χ3n) is 6.54. The van der Waals surface area contributed by atoms with Gasteiger partial charge in [-0.2, -0.15) is 5.10 Å². The van der Waals surface area contributed by atoms with Crippen molar-refractivity contribution in [1.29, 1.82) is 0 Å².